The topological polar surface area (TPSA) is 60.2 Å². The summed E-state index contributed by atoms with van der Waals surface area (Å²) < 4.78 is 22.2. The van der Waals surface area contributed by atoms with Gasteiger partial charge in [0.15, 0.2) is 11.7 Å². The van der Waals surface area contributed by atoms with Crippen molar-refractivity contribution in [3.05, 3.63) is 85.2 Å². The number of benzene rings is 3. The van der Waals surface area contributed by atoms with Crippen molar-refractivity contribution in [2.24, 2.45) is 0 Å². The van der Waals surface area contributed by atoms with Gasteiger partial charge in [-0.3, -0.25) is 9.69 Å². The molecule has 0 aliphatic carbocycles. The van der Waals surface area contributed by atoms with E-state index in [1.165, 1.54) is 23.5 Å². The molecular weight excluding hydrogens is 439 g/mol. The Morgan fingerprint density at radius 1 is 1.09 bits per heavy atom. The van der Waals surface area contributed by atoms with Crippen LogP contribution in [0.3, 0.4) is 0 Å². The molecule has 8 heteroatoms. The first kappa shape index (κ1) is 21.1. The van der Waals surface area contributed by atoms with Gasteiger partial charge in [0.25, 0.3) is 5.91 Å². The zero-order chi connectivity index (χ0) is 22.6. The van der Waals surface area contributed by atoms with E-state index >= 15 is 0 Å². The molecule has 6 nitrogen and oxygen atoms in total. The molecule has 0 radical (unpaired) electrons. The van der Waals surface area contributed by atoms with E-state index in [1.54, 1.807) is 23.5 Å². The number of halogens is 1. The number of thiazole rings is 1. The van der Waals surface area contributed by atoms with Crippen LogP contribution in [0.25, 0.3) is 21.0 Å². The van der Waals surface area contributed by atoms with E-state index in [0.717, 1.165) is 17.3 Å². The molecule has 166 valence electrons. The molecule has 0 aliphatic rings. The third-order valence-electron chi connectivity index (χ3n) is 5.31. The maximum Gasteiger partial charge on any atom is 0.266 e. The molecule has 1 amide bonds. The Morgan fingerprint density at radius 3 is 2.82 bits per heavy atom. The summed E-state index contributed by atoms with van der Waals surface area (Å²) in [5.74, 6) is 0.107. The fourth-order valence-electron chi connectivity index (χ4n) is 3.64. The summed E-state index contributed by atoms with van der Waals surface area (Å²) in [6.45, 7) is 1.06. The average molecular weight is 461 g/mol. The van der Waals surface area contributed by atoms with Gasteiger partial charge >= 0.3 is 0 Å². The fraction of sp³-hybridized carbons (Fsp3) is 0.160. The van der Waals surface area contributed by atoms with Crippen molar-refractivity contribution in [2.45, 2.75) is 13.0 Å². The first-order chi connectivity index (χ1) is 16.2. The van der Waals surface area contributed by atoms with Gasteiger partial charge < -0.3 is 9.30 Å². The van der Waals surface area contributed by atoms with Crippen LogP contribution in [-0.2, 0) is 11.3 Å². The number of fused-ring (bicyclic) bond motifs is 2. The van der Waals surface area contributed by atoms with Gasteiger partial charge in [-0.1, -0.05) is 41.7 Å². The molecule has 0 saturated carbocycles. The standard InChI is InChI=1S/C25H21FN4O2S/c26-20-7-9-22-23(15-20)33-25(28-22)30(12-3-11-29-13-10-27-17-29)24(31)16-32-21-8-6-18-4-1-2-5-19(18)14-21/h1-2,4-10,13-15,17H,3,11-12,16H2. The number of aryl methyl sites for hydroxylation is 1. The summed E-state index contributed by atoms with van der Waals surface area (Å²) in [6.07, 6.45) is 6.07. The van der Waals surface area contributed by atoms with Crippen LogP contribution in [-0.4, -0.2) is 33.6 Å². The highest BCUT2D eigenvalue weighted by Crippen LogP contribution is 2.30. The molecule has 0 N–H and O–H groups in total. The fourth-order valence-corrected chi connectivity index (χ4v) is 4.67. The Bertz CT molecular complexity index is 1400. The molecule has 5 aromatic rings. The molecule has 0 fully saturated rings. The van der Waals surface area contributed by atoms with Crippen molar-refractivity contribution in [3.8, 4) is 5.75 Å². The lowest BCUT2D eigenvalue weighted by molar-refractivity contribution is -0.120. The van der Waals surface area contributed by atoms with Gasteiger partial charge in [0.05, 0.1) is 16.5 Å². The lowest BCUT2D eigenvalue weighted by atomic mass is 10.1. The molecule has 0 unspecified atom stereocenters. The van der Waals surface area contributed by atoms with Crippen molar-refractivity contribution >= 4 is 43.4 Å². The maximum absolute atomic E-state index is 13.7. The molecule has 2 heterocycles. The van der Waals surface area contributed by atoms with Crippen LogP contribution < -0.4 is 9.64 Å². The largest absolute Gasteiger partial charge is 0.484 e. The van der Waals surface area contributed by atoms with Crippen LogP contribution in [0.1, 0.15) is 6.42 Å². The second-order valence-electron chi connectivity index (χ2n) is 7.61. The average Bonchev–Trinajstić information content (AvgIpc) is 3.49. The smallest absolute Gasteiger partial charge is 0.266 e. The number of imidazole rings is 1. The summed E-state index contributed by atoms with van der Waals surface area (Å²) in [6, 6.07) is 18.2. The number of hydrogen-bond donors (Lipinski definition) is 0. The molecular formula is C25H21FN4O2S. The second-order valence-corrected chi connectivity index (χ2v) is 8.61. The van der Waals surface area contributed by atoms with Crippen LogP contribution in [0.5, 0.6) is 5.75 Å². The van der Waals surface area contributed by atoms with Crippen molar-refractivity contribution in [3.63, 3.8) is 0 Å². The number of nitrogens with zero attached hydrogens (tertiary/aromatic N) is 4. The maximum atomic E-state index is 13.7. The molecule has 0 spiro atoms. The highest BCUT2D eigenvalue weighted by molar-refractivity contribution is 7.22. The quantitative estimate of drug-likeness (QED) is 0.316. The van der Waals surface area contributed by atoms with Gasteiger partial charge in [0.1, 0.15) is 11.6 Å². The Hall–Kier alpha value is -3.78. The zero-order valence-corrected chi connectivity index (χ0v) is 18.5. The minimum absolute atomic E-state index is 0.117. The molecule has 0 saturated heterocycles. The van der Waals surface area contributed by atoms with E-state index in [0.29, 0.717) is 34.1 Å². The highest BCUT2D eigenvalue weighted by Gasteiger charge is 2.20. The number of anilines is 1. The number of ether oxygens (including phenoxy) is 1. The number of carbonyl (C=O) groups excluding carboxylic acids is 1. The normalized spacial score (nSPS) is 11.2. The molecule has 3 aromatic carbocycles. The lowest BCUT2D eigenvalue weighted by Crippen LogP contribution is -2.36. The van der Waals surface area contributed by atoms with E-state index in [9.17, 15) is 9.18 Å². The SMILES string of the molecule is O=C(COc1ccc2ccccc2c1)N(CCCn1ccnc1)c1nc2ccc(F)cc2s1. The van der Waals surface area contributed by atoms with Gasteiger partial charge in [-0.2, -0.15) is 0 Å². The van der Waals surface area contributed by atoms with Crippen molar-refractivity contribution in [1.29, 1.82) is 0 Å². The van der Waals surface area contributed by atoms with E-state index in [2.05, 4.69) is 9.97 Å². The van der Waals surface area contributed by atoms with Gasteiger partial charge in [0.2, 0.25) is 0 Å². The Labute approximate surface area is 193 Å². The molecule has 0 aliphatic heterocycles. The summed E-state index contributed by atoms with van der Waals surface area (Å²) in [5, 5.41) is 2.69. The van der Waals surface area contributed by atoms with Crippen LogP contribution in [0.15, 0.2) is 79.4 Å². The van der Waals surface area contributed by atoms with Crippen LogP contribution in [0, 0.1) is 5.82 Å². The molecule has 0 bridgehead atoms. The third kappa shape index (κ3) is 4.85. The minimum atomic E-state index is -0.324. The molecule has 2 aromatic heterocycles. The van der Waals surface area contributed by atoms with E-state index in [1.807, 2.05) is 53.2 Å². The second kappa shape index (κ2) is 9.38. The van der Waals surface area contributed by atoms with Gasteiger partial charge in [0, 0.05) is 25.5 Å². The van der Waals surface area contributed by atoms with E-state index in [4.69, 9.17) is 4.74 Å². The predicted molar refractivity (Wildman–Crippen MR) is 128 cm³/mol. The van der Waals surface area contributed by atoms with E-state index in [-0.39, 0.29) is 18.3 Å². The zero-order valence-electron chi connectivity index (χ0n) is 17.7. The Balaban J connectivity index is 1.33. The number of aromatic nitrogens is 3. The summed E-state index contributed by atoms with van der Waals surface area (Å²) in [5.41, 5.74) is 0.666. The van der Waals surface area contributed by atoms with Crippen molar-refractivity contribution in [1.82, 2.24) is 14.5 Å². The van der Waals surface area contributed by atoms with Gasteiger partial charge in [-0.05, 0) is 47.5 Å². The monoisotopic (exact) mass is 460 g/mol. The third-order valence-corrected chi connectivity index (χ3v) is 6.35. The van der Waals surface area contributed by atoms with Crippen LogP contribution in [0.4, 0.5) is 9.52 Å². The van der Waals surface area contributed by atoms with Crippen LogP contribution >= 0.6 is 11.3 Å². The van der Waals surface area contributed by atoms with Crippen molar-refractivity contribution in [2.75, 3.05) is 18.1 Å². The Morgan fingerprint density at radius 2 is 1.97 bits per heavy atom. The first-order valence-electron chi connectivity index (χ1n) is 10.6. The van der Waals surface area contributed by atoms with Gasteiger partial charge in [-0.25, -0.2) is 14.4 Å². The highest BCUT2D eigenvalue weighted by atomic mass is 32.1. The van der Waals surface area contributed by atoms with Crippen LogP contribution in [0.2, 0.25) is 0 Å². The number of rotatable bonds is 8. The summed E-state index contributed by atoms with van der Waals surface area (Å²) in [4.78, 5) is 23.4. The molecule has 0 atom stereocenters. The van der Waals surface area contributed by atoms with Gasteiger partial charge in [-0.15, -0.1) is 0 Å². The first-order valence-corrected chi connectivity index (χ1v) is 11.4. The summed E-state index contributed by atoms with van der Waals surface area (Å²) >= 11 is 1.30. The van der Waals surface area contributed by atoms with E-state index < -0.39 is 0 Å². The number of amides is 1. The molecule has 33 heavy (non-hydrogen) atoms. The Kier molecular flexibility index (Phi) is 5.99. The predicted octanol–water partition coefficient (Wildman–Crippen LogP) is 5.29. The van der Waals surface area contributed by atoms with Crippen molar-refractivity contribution < 1.29 is 13.9 Å². The summed E-state index contributed by atoms with van der Waals surface area (Å²) in [7, 11) is 0. The lowest BCUT2D eigenvalue weighted by Gasteiger charge is -2.20. The molecule has 5 rings (SSSR count). The number of hydrogen-bond acceptors (Lipinski definition) is 5. The number of carbonyl (C=O) groups is 1. The minimum Gasteiger partial charge on any atom is -0.484 e.